The summed E-state index contributed by atoms with van der Waals surface area (Å²) >= 11 is 1.70. The van der Waals surface area contributed by atoms with Crippen LogP contribution in [0.15, 0.2) is 0 Å². The van der Waals surface area contributed by atoms with E-state index in [0.717, 1.165) is 0 Å². The molecule has 1 aliphatic rings. The summed E-state index contributed by atoms with van der Waals surface area (Å²) in [4.78, 5) is 21.6. The molecule has 0 aromatic heterocycles. The molecule has 0 aromatic carbocycles. The van der Waals surface area contributed by atoms with Crippen LogP contribution in [-0.4, -0.2) is 11.8 Å². The Labute approximate surface area is 72.0 Å². The van der Waals surface area contributed by atoms with Crippen molar-refractivity contribution in [1.29, 1.82) is 0 Å². The third-order valence-corrected chi connectivity index (χ3v) is 2.23. The van der Waals surface area contributed by atoms with Crippen LogP contribution in [0.5, 0.6) is 0 Å². The zero-order chi connectivity index (χ0) is 7.78. The predicted molar refractivity (Wildman–Crippen MR) is 43.0 cm³/mol. The van der Waals surface area contributed by atoms with Gasteiger partial charge in [-0.2, -0.15) is 0 Å². The van der Waals surface area contributed by atoms with Crippen molar-refractivity contribution in [2.45, 2.75) is 12.8 Å². The van der Waals surface area contributed by atoms with E-state index in [2.05, 4.69) is 3.53 Å². The summed E-state index contributed by atoms with van der Waals surface area (Å²) in [5.41, 5.74) is 4.15. The maximum absolute atomic E-state index is 10.9. The molecule has 2 amide bonds. The van der Waals surface area contributed by atoms with E-state index in [1.807, 2.05) is 0 Å². The van der Waals surface area contributed by atoms with Crippen molar-refractivity contribution in [3.63, 3.8) is 0 Å². The van der Waals surface area contributed by atoms with Gasteiger partial charge in [-0.15, -0.1) is 0 Å². The number of rotatable bonds is 2. The summed E-state index contributed by atoms with van der Waals surface area (Å²) in [6.07, 6.45) is 1.19. The van der Waals surface area contributed by atoms with Gasteiger partial charge in [0, 0.05) is 0 Å². The molecule has 56 valence electrons. The summed E-state index contributed by atoms with van der Waals surface area (Å²) in [6.45, 7) is 0. The van der Waals surface area contributed by atoms with Crippen molar-refractivity contribution in [3.8, 4) is 0 Å². The fourth-order valence-electron chi connectivity index (χ4n) is 0.801. The molecule has 10 heavy (non-hydrogen) atoms. The Morgan fingerprint density at radius 2 is 2.00 bits per heavy atom. The molecule has 3 N–H and O–H groups in total. The van der Waals surface area contributed by atoms with E-state index in [-0.39, 0.29) is 5.91 Å². The normalized spacial score (nSPS) is 19.7. The second-order valence-electron chi connectivity index (χ2n) is 2.37. The average molecular weight is 254 g/mol. The van der Waals surface area contributed by atoms with Gasteiger partial charge in [0.1, 0.15) is 5.41 Å². The number of hydrogen-bond donors (Lipinski definition) is 2. The molecule has 0 radical (unpaired) electrons. The number of carbonyl (C=O) groups excluding carboxylic acids is 2. The van der Waals surface area contributed by atoms with Crippen LogP contribution >= 0.6 is 22.9 Å². The van der Waals surface area contributed by atoms with Gasteiger partial charge in [0.25, 0.3) is 0 Å². The van der Waals surface area contributed by atoms with Crippen molar-refractivity contribution in [3.05, 3.63) is 0 Å². The Bertz CT molecular complexity index is 188. The van der Waals surface area contributed by atoms with Crippen molar-refractivity contribution in [2.24, 2.45) is 11.1 Å². The molecule has 1 aliphatic carbocycles. The first-order chi connectivity index (χ1) is 4.63. The molecule has 0 aromatic rings. The molecule has 0 saturated heterocycles. The highest BCUT2D eigenvalue weighted by atomic mass is 127. The molecule has 0 heterocycles. The van der Waals surface area contributed by atoms with E-state index in [9.17, 15) is 9.59 Å². The first-order valence-electron chi connectivity index (χ1n) is 2.84. The van der Waals surface area contributed by atoms with Crippen LogP contribution in [0.1, 0.15) is 12.8 Å². The highest BCUT2D eigenvalue weighted by Crippen LogP contribution is 2.45. The first-order valence-corrected chi connectivity index (χ1v) is 3.92. The highest BCUT2D eigenvalue weighted by molar-refractivity contribution is 14.1. The fourth-order valence-corrected chi connectivity index (χ4v) is 1.32. The minimum absolute atomic E-state index is 0.263. The summed E-state index contributed by atoms with van der Waals surface area (Å²) in [7, 11) is 0. The van der Waals surface area contributed by atoms with E-state index in [1.165, 1.54) is 0 Å². The summed E-state index contributed by atoms with van der Waals surface area (Å²) in [5.74, 6) is -0.776. The lowest BCUT2D eigenvalue weighted by molar-refractivity contribution is -0.133. The third kappa shape index (κ3) is 0.979. The number of halogens is 1. The van der Waals surface area contributed by atoms with Crippen molar-refractivity contribution >= 4 is 34.7 Å². The lowest BCUT2D eigenvalue weighted by atomic mass is 10.1. The Hall–Kier alpha value is -0.330. The quantitative estimate of drug-likeness (QED) is 0.404. The van der Waals surface area contributed by atoms with Gasteiger partial charge < -0.3 is 5.73 Å². The van der Waals surface area contributed by atoms with Crippen molar-refractivity contribution in [1.82, 2.24) is 3.53 Å². The molecule has 1 saturated carbocycles. The Morgan fingerprint density at radius 1 is 1.50 bits per heavy atom. The minimum Gasteiger partial charge on any atom is -0.369 e. The molecule has 1 rings (SSSR count). The van der Waals surface area contributed by atoms with Gasteiger partial charge in [-0.1, -0.05) is 0 Å². The highest BCUT2D eigenvalue weighted by Gasteiger charge is 2.55. The molecular weight excluding hydrogens is 247 g/mol. The second-order valence-corrected chi connectivity index (χ2v) is 2.91. The summed E-state index contributed by atoms with van der Waals surface area (Å²) < 4.78 is 2.38. The Kier molecular flexibility index (Phi) is 1.84. The molecule has 0 unspecified atom stereocenters. The van der Waals surface area contributed by atoms with Crippen molar-refractivity contribution in [2.75, 3.05) is 0 Å². The number of hydrogen-bond acceptors (Lipinski definition) is 2. The summed E-state index contributed by atoms with van der Waals surface area (Å²) in [5, 5.41) is 0. The second kappa shape index (κ2) is 2.37. The smallest absolute Gasteiger partial charge is 0.244 e. The topological polar surface area (TPSA) is 72.2 Å². The standard InChI is InChI=1S/C5H7IN2O2/c6-8-4(10)5(1-2-5)3(7)9/h1-2H2,(H2,7,9)(H,8,10). The van der Waals surface area contributed by atoms with Crippen LogP contribution in [0.4, 0.5) is 0 Å². The minimum atomic E-state index is -0.860. The molecular formula is C5H7IN2O2. The van der Waals surface area contributed by atoms with Gasteiger partial charge in [-0.3, -0.25) is 13.1 Å². The Morgan fingerprint density at radius 3 is 2.10 bits per heavy atom. The maximum atomic E-state index is 10.9. The van der Waals surface area contributed by atoms with E-state index in [4.69, 9.17) is 5.73 Å². The zero-order valence-electron chi connectivity index (χ0n) is 5.19. The molecule has 1 fully saturated rings. The van der Waals surface area contributed by atoms with Crippen LogP contribution < -0.4 is 9.26 Å². The van der Waals surface area contributed by atoms with Gasteiger partial charge in [0.2, 0.25) is 11.8 Å². The Balaban J connectivity index is 2.69. The van der Waals surface area contributed by atoms with Crippen molar-refractivity contribution < 1.29 is 9.59 Å². The lowest BCUT2D eigenvalue weighted by Gasteiger charge is -2.05. The number of nitrogens with one attached hydrogen (secondary N) is 1. The monoisotopic (exact) mass is 254 g/mol. The maximum Gasteiger partial charge on any atom is 0.244 e. The third-order valence-electron chi connectivity index (χ3n) is 1.74. The zero-order valence-corrected chi connectivity index (χ0v) is 7.34. The van der Waals surface area contributed by atoms with Gasteiger partial charge in [-0.25, -0.2) is 0 Å². The molecule has 5 heteroatoms. The van der Waals surface area contributed by atoms with E-state index < -0.39 is 11.3 Å². The van der Waals surface area contributed by atoms with Gasteiger partial charge in [0.05, 0.1) is 22.9 Å². The largest absolute Gasteiger partial charge is 0.369 e. The number of primary amides is 1. The van der Waals surface area contributed by atoms with Gasteiger partial charge >= 0.3 is 0 Å². The van der Waals surface area contributed by atoms with E-state index in [0.29, 0.717) is 12.8 Å². The van der Waals surface area contributed by atoms with Gasteiger partial charge in [-0.05, 0) is 12.8 Å². The first kappa shape index (κ1) is 7.77. The number of amides is 2. The average Bonchev–Trinajstić information content (AvgIpc) is 2.65. The summed E-state index contributed by atoms with van der Waals surface area (Å²) in [6, 6.07) is 0. The number of nitrogens with two attached hydrogens (primary N) is 1. The van der Waals surface area contributed by atoms with Crippen LogP contribution in [0, 0.1) is 5.41 Å². The fraction of sp³-hybridized carbons (Fsp3) is 0.600. The molecule has 0 atom stereocenters. The van der Waals surface area contributed by atoms with Crippen LogP contribution in [0.3, 0.4) is 0 Å². The van der Waals surface area contributed by atoms with E-state index >= 15 is 0 Å². The van der Waals surface area contributed by atoms with E-state index in [1.54, 1.807) is 22.9 Å². The lowest BCUT2D eigenvalue weighted by Crippen LogP contribution is -2.36. The molecule has 0 spiro atoms. The number of carbonyl (C=O) groups is 2. The molecule has 0 bridgehead atoms. The van der Waals surface area contributed by atoms with Crippen LogP contribution in [0.2, 0.25) is 0 Å². The van der Waals surface area contributed by atoms with Gasteiger partial charge in [0.15, 0.2) is 0 Å². The van der Waals surface area contributed by atoms with Crippen LogP contribution in [-0.2, 0) is 9.59 Å². The molecule has 4 nitrogen and oxygen atoms in total. The van der Waals surface area contributed by atoms with Crippen LogP contribution in [0.25, 0.3) is 0 Å². The molecule has 0 aliphatic heterocycles. The SMILES string of the molecule is NC(=O)C1(C(=O)NI)CC1. The predicted octanol–water partition coefficient (Wildman–Crippen LogP) is -0.282.